The molecule has 0 fully saturated rings. The number of carbonyl (C=O) groups is 1. The molecule has 0 aliphatic heterocycles. The van der Waals surface area contributed by atoms with Gasteiger partial charge in [0.05, 0.1) is 5.69 Å². The van der Waals surface area contributed by atoms with E-state index in [1.165, 1.54) is 11.3 Å². The van der Waals surface area contributed by atoms with Gasteiger partial charge in [-0.1, -0.05) is 29.8 Å². The Labute approximate surface area is 154 Å². The Kier molecular flexibility index (Phi) is 5.01. The van der Waals surface area contributed by atoms with Crippen LogP contribution >= 0.6 is 27.3 Å². The molecular weight excluding hydrogens is 384 g/mol. The molecule has 3 nitrogen and oxygen atoms in total. The number of nitrogen functional groups attached to an aromatic ring is 1. The third kappa shape index (κ3) is 3.52. The van der Waals surface area contributed by atoms with Crippen LogP contribution in [0.5, 0.6) is 0 Å². The molecule has 0 aliphatic rings. The summed E-state index contributed by atoms with van der Waals surface area (Å²) in [6.45, 7) is 4.41. The third-order valence-corrected chi connectivity index (χ3v) is 5.58. The predicted octanol–water partition coefficient (Wildman–Crippen LogP) is 5.46. The summed E-state index contributed by atoms with van der Waals surface area (Å²) in [5, 5.41) is 0.869. The SMILES string of the molecule is CC(C)CCc1ccc2c(N)c(C(=O)c3ccc(Br)cc3)sc2n1. The van der Waals surface area contributed by atoms with Crippen molar-refractivity contribution in [1.82, 2.24) is 4.98 Å². The van der Waals surface area contributed by atoms with Crippen LogP contribution in [0.1, 0.15) is 41.2 Å². The van der Waals surface area contributed by atoms with Crippen molar-refractivity contribution in [3.8, 4) is 0 Å². The molecule has 0 saturated carbocycles. The Hall–Kier alpha value is -1.72. The highest BCUT2D eigenvalue weighted by molar-refractivity contribution is 9.10. The summed E-state index contributed by atoms with van der Waals surface area (Å²) >= 11 is 4.76. The van der Waals surface area contributed by atoms with Crippen molar-refractivity contribution in [2.75, 3.05) is 5.73 Å². The molecule has 0 aliphatic carbocycles. The lowest BCUT2D eigenvalue weighted by Crippen LogP contribution is -2.01. The van der Waals surface area contributed by atoms with Crippen LogP contribution in [0.15, 0.2) is 40.9 Å². The van der Waals surface area contributed by atoms with Crippen LogP contribution in [0.25, 0.3) is 10.2 Å². The highest BCUT2D eigenvalue weighted by Gasteiger charge is 2.19. The van der Waals surface area contributed by atoms with Crippen molar-refractivity contribution in [1.29, 1.82) is 0 Å². The largest absolute Gasteiger partial charge is 0.397 e. The maximum atomic E-state index is 12.7. The summed E-state index contributed by atoms with van der Waals surface area (Å²) in [5.74, 6) is 0.595. The van der Waals surface area contributed by atoms with Crippen molar-refractivity contribution >= 4 is 49.0 Å². The molecule has 5 heteroatoms. The fraction of sp³-hybridized carbons (Fsp3) is 0.263. The molecule has 0 spiro atoms. The quantitative estimate of drug-likeness (QED) is 0.576. The van der Waals surface area contributed by atoms with Gasteiger partial charge in [-0.05, 0) is 55.2 Å². The van der Waals surface area contributed by atoms with E-state index in [0.717, 1.165) is 33.2 Å². The minimum absolute atomic E-state index is 0.0493. The molecule has 2 N–H and O–H groups in total. The van der Waals surface area contributed by atoms with Gasteiger partial charge in [0.25, 0.3) is 0 Å². The molecule has 0 radical (unpaired) electrons. The van der Waals surface area contributed by atoms with E-state index in [9.17, 15) is 4.79 Å². The summed E-state index contributed by atoms with van der Waals surface area (Å²) in [7, 11) is 0. The van der Waals surface area contributed by atoms with Gasteiger partial charge in [0.2, 0.25) is 5.78 Å². The molecule has 0 atom stereocenters. The van der Waals surface area contributed by atoms with E-state index in [2.05, 4.69) is 29.8 Å². The van der Waals surface area contributed by atoms with E-state index in [4.69, 9.17) is 10.7 Å². The molecule has 0 amide bonds. The number of carbonyl (C=O) groups excluding carboxylic acids is 1. The summed E-state index contributed by atoms with van der Waals surface area (Å²) in [6.07, 6.45) is 2.05. The second-order valence-electron chi connectivity index (χ2n) is 6.27. The van der Waals surface area contributed by atoms with E-state index in [-0.39, 0.29) is 5.78 Å². The molecule has 0 bridgehead atoms. The first-order valence-corrected chi connectivity index (χ1v) is 9.55. The zero-order chi connectivity index (χ0) is 17.3. The number of hydrogen-bond donors (Lipinski definition) is 1. The Bertz CT molecular complexity index is 884. The summed E-state index contributed by atoms with van der Waals surface area (Å²) in [5.41, 5.74) is 8.44. The van der Waals surface area contributed by atoms with Crippen LogP contribution in [0, 0.1) is 5.92 Å². The summed E-state index contributed by atoms with van der Waals surface area (Å²) < 4.78 is 0.944. The number of ketones is 1. The number of benzene rings is 1. The van der Waals surface area contributed by atoms with Gasteiger partial charge in [0, 0.05) is 21.1 Å². The van der Waals surface area contributed by atoms with E-state index in [1.807, 2.05) is 24.3 Å². The second-order valence-corrected chi connectivity index (χ2v) is 8.18. The topological polar surface area (TPSA) is 56.0 Å². The second kappa shape index (κ2) is 7.03. The number of rotatable bonds is 5. The van der Waals surface area contributed by atoms with E-state index < -0.39 is 0 Å². The van der Waals surface area contributed by atoms with Crippen LogP contribution in [0.4, 0.5) is 5.69 Å². The molecule has 1 aromatic carbocycles. The monoisotopic (exact) mass is 402 g/mol. The standard InChI is InChI=1S/C19H19BrN2OS/c1-11(2)3-8-14-9-10-15-16(21)18(24-19(15)22-14)17(23)12-4-6-13(20)7-5-12/h4-7,9-11H,3,8,21H2,1-2H3. The van der Waals surface area contributed by atoms with Crippen molar-refractivity contribution in [2.24, 2.45) is 5.92 Å². The third-order valence-electron chi connectivity index (χ3n) is 3.94. The highest BCUT2D eigenvalue weighted by Crippen LogP contribution is 2.34. The summed E-state index contributed by atoms with van der Waals surface area (Å²) in [4.78, 5) is 18.8. The average molecular weight is 403 g/mol. The zero-order valence-corrected chi connectivity index (χ0v) is 16.1. The van der Waals surface area contributed by atoms with Crippen molar-refractivity contribution < 1.29 is 4.79 Å². The minimum Gasteiger partial charge on any atom is -0.397 e. The Morgan fingerprint density at radius 3 is 2.58 bits per heavy atom. The maximum Gasteiger partial charge on any atom is 0.205 e. The van der Waals surface area contributed by atoms with Crippen LogP contribution in [0.3, 0.4) is 0 Å². The minimum atomic E-state index is -0.0493. The van der Waals surface area contributed by atoms with Crippen LogP contribution in [0.2, 0.25) is 0 Å². The van der Waals surface area contributed by atoms with Gasteiger partial charge in [-0.3, -0.25) is 4.79 Å². The first-order valence-electron chi connectivity index (χ1n) is 7.94. The van der Waals surface area contributed by atoms with Crippen molar-refractivity contribution in [3.05, 3.63) is 57.0 Å². The Balaban J connectivity index is 1.95. The number of fused-ring (bicyclic) bond motifs is 1. The van der Waals surface area contributed by atoms with Crippen molar-refractivity contribution in [3.63, 3.8) is 0 Å². The Morgan fingerprint density at radius 2 is 1.92 bits per heavy atom. The van der Waals surface area contributed by atoms with Gasteiger partial charge < -0.3 is 5.73 Å². The number of anilines is 1. The number of aromatic nitrogens is 1. The van der Waals surface area contributed by atoms with Gasteiger partial charge in [0.15, 0.2) is 0 Å². The lowest BCUT2D eigenvalue weighted by atomic mass is 10.1. The molecule has 2 aromatic heterocycles. The lowest BCUT2D eigenvalue weighted by Gasteiger charge is -2.03. The average Bonchev–Trinajstić information content (AvgIpc) is 2.89. The van der Waals surface area contributed by atoms with Gasteiger partial charge in [-0.2, -0.15) is 0 Å². The van der Waals surface area contributed by atoms with Crippen LogP contribution in [-0.4, -0.2) is 10.8 Å². The molecule has 124 valence electrons. The normalized spacial score (nSPS) is 11.3. The number of nitrogens with zero attached hydrogens (tertiary/aromatic N) is 1. The van der Waals surface area contributed by atoms with Crippen molar-refractivity contribution in [2.45, 2.75) is 26.7 Å². The van der Waals surface area contributed by atoms with E-state index in [0.29, 0.717) is 22.0 Å². The fourth-order valence-corrected chi connectivity index (χ4v) is 3.85. The molecule has 0 saturated heterocycles. The van der Waals surface area contributed by atoms with E-state index in [1.54, 1.807) is 12.1 Å². The Morgan fingerprint density at radius 1 is 1.21 bits per heavy atom. The van der Waals surface area contributed by atoms with Gasteiger partial charge in [-0.15, -0.1) is 11.3 Å². The number of hydrogen-bond acceptors (Lipinski definition) is 4. The molecule has 3 rings (SSSR count). The number of thiophene rings is 1. The number of nitrogens with two attached hydrogens (primary N) is 1. The van der Waals surface area contributed by atoms with E-state index >= 15 is 0 Å². The lowest BCUT2D eigenvalue weighted by molar-refractivity contribution is 0.104. The maximum absolute atomic E-state index is 12.7. The summed E-state index contributed by atoms with van der Waals surface area (Å²) in [6, 6.07) is 11.3. The highest BCUT2D eigenvalue weighted by atomic mass is 79.9. The fourth-order valence-electron chi connectivity index (χ4n) is 2.51. The molecule has 0 unspecified atom stereocenters. The van der Waals surface area contributed by atoms with Gasteiger partial charge in [-0.25, -0.2) is 4.98 Å². The first-order chi connectivity index (χ1) is 11.5. The predicted molar refractivity (Wildman–Crippen MR) is 105 cm³/mol. The number of halogens is 1. The molecule has 24 heavy (non-hydrogen) atoms. The smallest absolute Gasteiger partial charge is 0.205 e. The molecular formula is C19H19BrN2OS. The van der Waals surface area contributed by atoms with Crippen LogP contribution < -0.4 is 5.73 Å². The molecule has 2 heterocycles. The van der Waals surface area contributed by atoms with Gasteiger partial charge >= 0.3 is 0 Å². The van der Waals surface area contributed by atoms with Gasteiger partial charge in [0.1, 0.15) is 9.71 Å². The van der Waals surface area contributed by atoms with Crippen LogP contribution in [-0.2, 0) is 6.42 Å². The zero-order valence-electron chi connectivity index (χ0n) is 13.7. The number of pyridine rings is 1. The molecule has 3 aromatic rings. The first kappa shape index (κ1) is 17.1. The number of aryl methyl sites for hydroxylation is 1.